The van der Waals surface area contributed by atoms with Gasteiger partial charge in [-0.1, -0.05) is 25.4 Å². The van der Waals surface area contributed by atoms with Crippen molar-refractivity contribution in [1.82, 2.24) is 15.1 Å². The highest BCUT2D eigenvalue weighted by Gasteiger charge is 2.10. The Morgan fingerprint density at radius 2 is 2.06 bits per heavy atom. The Labute approximate surface area is 103 Å². The number of aromatic nitrogens is 2. The van der Waals surface area contributed by atoms with Gasteiger partial charge in [-0.2, -0.15) is 5.10 Å². The number of hydrogen-bond donors (Lipinski definition) is 1. The van der Waals surface area contributed by atoms with Gasteiger partial charge in [-0.25, -0.2) is 0 Å². The van der Waals surface area contributed by atoms with Crippen molar-refractivity contribution < 1.29 is 0 Å². The average Bonchev–Trinajstić information content (AvgIpc) is 2.43. The van der Waals surface area contributed by atoms with Gasteiger partial charge in [-0.05, 0) is 32.7 Å². The summed E-state index contributed by atoms with van der Waals surface area (Å²) in [6.45, 7) is 7.44. The molecule has 0 amide bonds. The zero-order valence-corrected chi connectivity index (χ0v) is 11.4. The average molecular weight is 244 g/mol. The van der Waals surface area contributed by atoms with Crippen LogP contribution in [-0.2, 0) is 13.5 Å². The number of hydrogen-bond acceptors (Lipinski definition) is 2. The molecular weight excluding hydrogens is 222 g/mol. The molecule has 1 rings (SSSR count). The number of nitrogens with zero attached hydrogens (tertiary/aromatic N) is 2. The van der Waals surface area contributed by atoms with Crippen LogP contribution >= 0.6 is 11.6 Å². The molecule has 1 aromatic rings. The van der Waals surface area contributed by atoms with E-state index in [-0.39, 0.29) is 0 Å². The fourth-order valence-electron chi connectivity index (χ4n) is 1.78. The van der Waals surface area contributed by atoms with Crippen molar-refractivity contribution in [2.75, 3.05) is 6.54 Å². The molecule has 0 aliphatic rings. The summed E-state index contributed by atoms with van der Waals surface area (Å²) < 4.78 is 1.75. The molecule has 0 aliphatic carbocycles. The van der Waals surface area contributed by atoms with Crippen LogP contribution in [0.25, 0.3) is 0 Å². The molecule has 0 bridgehead atoms. The number of halogens is 1. The minimum atomic E-state index is 0.573. The normalized spacial score (nSPS) is 11.4. The minimum absolute atomic E-state index is 0.573. The molecule has 0 unspecified atom stereocenters. The Bertz CT molecular complexity index is 331. The van der Waals surface area contributed by atoms with E-state index >= 15 is 0 Å². The first kappa shape index (κ1) is 13.5. The largest absolute Gasteiger partial charge is 0.315 e. The van der Waals surface area contributed by atoms with E-state index < -0.39 is 0 Å². The number of unbranched alkanes of at least 4 members (excludes halogenated alkanes) is 1. The molecule has 16 heavy (non-hydrogen) atoms. The number of nitrogens with one attached hydrogen (secondary N) is 1. The summed E-state index contributed by atoms with van der Waals surface area (Å²) in [5.41, 5.74) is 2.26. The van der Waals surface area contributed by atoms with Crippen molar-refractivity contribution in [2.45, 2.75) is 46.1 Å². The monoisotopic (exact) mass is 243 g/mol. The molecule has 0 spiro atoms. The van der Waals surface area contributed by atoms with Crippen LogP contribution < -0.4 is 5.32 Å². The van der Waals surface area contributed by atoms with Crippen LogP contribution in [0.4, 0.5) is 0 Å². The fourth-order valence-corrected chi connectivity index (χ4v) is 2.04. The molecular formula is C12H22ClN3. The molecule has 1 heterocycles. The van der Waals surface area contributed by atoms with Gasteiger partial charge in [0.1, 0.15) is 5.15 Å². The fraction of sp³-hybridized carbons (Fsp3) is 0.750. The molecule has 3 nitrogen and oxygen atoms in total. The Kier molecular flexibility index (Phi) is 5.29. The van der Waals surface area contributed by atoms with E-state index in [1.165, 1.54) is 12.0 Å². The predicted molar refractivity (Wildman–Crippen MR) is 69.0 cm³/mol. The highest BCUT2D eigenvalue weighted by atomic mass is 35.5. The van der Waals surface area contributed by atoms with Gasteiger partial charge in [-0.3, -0.25) is 4.68 Å². The Hall–Kier alpha value is -0.540. The van der Waals surface area contributed by atoms with Gasteiger partial charge in [0.2, 0.25) is 0 Å². The van der Waals surface area contributed by atoms with Crippen molar-refractivity contribution in [3.8, 4) is 0 Å². The van der Waals surface area contributed by atoms with Gasteiger partial charge in [0.25, 0.3) is 0 Å². The summed E-state index contributed by atoms with van der Waals surface area (Å²) in [7, 11) is 1.89. The quantitative estimate of drug-likeness (QED) is 0.779. The van der Waals surface area contributed by atoms with E-state index in [9.17, 15) is 0 Å². The summed E-state index contributed by atoms with van der Waals surface area (Å²) in [4.78, 5) is 0. The van der Waals surface area contributed by atoms with Crippen LogP contribution in [0.2, 0.25) is 5.15 Å². The third-order valence-corrected chi connectivity index (χ3v) is 3.15. The lowest BCUT2D eigenvalue weighted by Gasteiger charge is -2.07. The van der Waals surface area contributed by atoms with Crippen LogP contribution in [0, 0.1) is 6.92 Å². The Balaban J connectivity index is 2.32. The van der Waals surface area contributed by atoms with E-state index in [0.29, 0.717) is 6.04 Å². The zero-order chi connectivity index (χ0) is 12.1. The molecule has 0 saturated carbocycles. The molecule has 0 aromatic carbocycles. The highest BCUT2D eigenvalue weighted by Crippen LogP contribution is 2.20. The minimum Gasteiger partial charge on any atom is -0.315 e. The molecule has 0 fully saturated rings. The van der Waals surface area contributed by atoms with E-state index in [4.69, 9.17) is 11.6 Å². The molecule has 1 aromatic heterocycles. The smallest absolute Gasteiger partial charge is 0.130 e. The molecule has 0 atom stereocenters. The van der Waals surface area contributed by atoms with Crippen molar-refractivity contribution >= 4 is 11.6 Å². The maximum Gasteiger partial charge on any atom is 0.130 e. The van der Waals surface area contributed by atoms with Crippen molar-refractivity contribution in [3.63, 3.8) is 0 Å². The van der Waals surface area contributed by atoms with Crippen LogP contribution in [0.15, 0.2) is 0 Å². The van der Waals surface area contributed by atoms with Crippen LogP contribution in [0.3, 0.4) is 0 Å². The SMILES string of the molecule is Cc1nn(C)c(Cl)c1CCCCNC(C)C. The summed E-state index contributed by atoms with van der Waals surface area (Å²) >= 11 is 6.16. The summed E-state index contributed by atoms with van der Waals surface area (Å²) in [6, 6.07) is 0.573. The summed E-state index contributed by atoms with van der Waals surface area (Å²) in [6.07, 6.45) is 3.37. The molecule has 0 radical (unpaired) electrons. The topological polar surface area (TPSA) is 29.9 Å². The molecule has 4 heteroatoms. The van der Waals surface area contributed by atoms with Crippen LogP contribution in [0.5, 0.6) is 0 Å². The lowest BCUT2D eigenvalue weighted by atomic mass is 10.1. The van der Waals surface area contributed by atoms with Crippen molar-refractivity contribution in [1.29, 1.82) is 0 Å². The van der Waals surface area contributed by atoms with E-state index in [1.54, 1.807) is 4.68 Å². The first-order valence-corrected chi connectivity index (χ1v) is 6.31. The molecule has 1 N–H and O–H groups in total. The second-order valence-electron chi connectivity index (χ2n) is 4.54. The summed E-state index contributed by atoms with van der Waals surface area (Å²) in [5.74, 6) is 0. The van der Waals surface area contributed by atoms with Crippen LogP contribution in [-0.4, -0.2) is 22.4 Å². The van der Waals surface area contributed by atoms with Gasteiger partial charge in [-0.15, -0.1) is 0 Å². The predicted octanol–water partition coefficient (Wildman–Crippen LogP) is 2.70. The van der Waals surface area contributed by atoms with Gasteiger partial charge >= 0.3 is 0 Å². The maximum atomic E-state index is 6.16. The molecule has 0 saturated heterocycles. The molecule has 0 aliphatic heterocycles. The third kappa shape index (κ3) is 3.80. The van der Waals surface area contributed by atoms with Gasteiger partial charge < -0.3 is 5.32 Å². The van der Waals surface area contributed by atoms with E-state index in [2.05, 4.69) is 24.3 Å². The maximum absolute atomic E-state index is 6.16. The Morgan fingerprint density at radius 1 is 1.38 bits per heavy atom. The highest BCUT2D eigenvalue weighted by molar-refractivity contribution is 6.30. The van der Waals surface area contributed by atoms with E-state index in [0.717, 1.165) is 30.2 Å². The first-order chi connectivity index (χ1) is 7.52. The second-order valence-corrected chi connectivity index (χ2v) is 4.90. The van der Waals surface area contributed by atoms with Crippen molar-refractivity contribution in [3.05, 3.63) is 16.4 Å². The number of aryl methyl sites for hydroxylation is 2. The number of rotatable bonds is 6. The van der Waals surface area contributed by atoms with E-state index in [1.807, 2.05) is 14.0 Å². The second kappa shape index (κ2) is 6.26. The standard InChI is InChI=1S/C12H22ClN3/c1-9(2)14-8-6-5-7-11-10(3)15-16(4)12(11)13/h9,14H,5-8H2,1-4H3. The van der Waals surface area contributed by atoms with Gasteiger partial charge in [0.05, 0.1) is 5.69 Å². The zero-order valence-electron chi connectivity index (χ0n) is 10.7. The Morgan fingerprint density at radius 3 is 2.56 bits per heavy atom. The summed E-state index contributed by atoms with van der Waals surface area (Å²) in [5, 5.41) is 8.51. The van der Waals surface area contributed by atoms with Gasteiger partial charge in [0.15, 0.2) is 0 Å². The lowest BCUT2D eigenvalue weighted by Crippen LogP contribution is -2.23. The third-order valence-electron chi connectivity index (χ3n) is 2.68. The van der Waals surface area contributed by atoms with Crippen molar-refractivity contribution in [2.24, 2.45) is 7.05 Å². The van der Waals surface area contributed by atoms with Crippen LogP contribution in [0.1, 0.15) is 37.9 Å². The first-order valence-electron chi connectivity index (χ1n) is 5.93. The van der Waals surface area contributed by atoms with Gasteiger partial charge in [0, 0.05) is 18.7 Å². The lowest BCUT2D eigenvalue weighted by molar-refractivity contribution is 0.557. The molecule has 92 valence electrons.